The minimum absolute atomic E-state index is 0. The standard InChI is InChI=1S/C7H9N3OS.ClH/c8-10-6(11)5-3-9-7(12-5)4-1-2-4;/h3-4H,1-2,8H2,(H,10,11);1H. The average molecular weight is 220 g/mol. The van der Waals surface area contributed by atoms with E-state index < -0.39 is 0 Å². The highest BCUT2D eigenvalue weighted by Crippen LogP contribution is 2.41. The zero-order valence-corrected chi connectivity index (χ0v) is 8.45. The normalized spacial score (nSPS) is 14.8. The van der Waals surface area contributed by atoms with Crippen LogP contribution in [0.2, 0.25) is 0 Å². The molecule has 1 aromatic rings. The Balaban J connectivity index is 0.000000845. The molecule has 72 valence electrons. The fraction of sp³-hybridized carbons (Fsp3) is 0.429. The second kappa shape index (κ2) is 4.04. The summed E-state index contributed by atoms with van der Waals surface area (Å²) in [4.78, 5) is 15.8. The van der Waals surface area contributed by atoms with Gasteiger partial charge in [0.15, 0.2) is 0 Å². The molecule has 0 aliphatic heterocycles. The molecule has 0 bridgehead atoms. The minimum Gasteiger partial charge on any atom is -0.289 e. The van der Waals surface area contributed by atoms with Crippen LogP contribution in [0.1, 0.15) is 33.4 Å². The third-order valence-electron chi connectivity index (χ3n) is 1.81. The first-order valence-electron chi connectivity index (χ1n) is 3.78. The number of nitrogens with zero attached hydrogens (tertiary/aromatic N) is 1. The Labute approximate surface area is 85.9 Å². The molecule has 0 spiro atoms. The summed E-state index contributed by atoms with van der Waals surface area (Å²) in [7, 11) is 0. The third kappa shape index (κ3) is 2.18. The molecule has 1 aliphatic carbocycles. The number of thiazole rings is 1. The van der Waals surface area contributed by atoms with Crippen molar-refractivity contribution in [3.05, 3.63) is 16.1 Å². The molecule has 0 unspecified atom stereocenters. The van der Waals surface area contributed by atoms with Crippen molar-refractivity contribution in [1.29, 1.82) is 0 Å². The summed E-state index contributed by atoms with van der Waals surface area (Å²) in [6.07, 6.45) is 3.99. The molecule has 1 aliphatic rings. The molecule has 6 heteroatoms. The van der Waals surface area contributed by atoms with Crippen molar-refractivity contribution in [2.45, 2.75) is 18.8 Å². The highest BCUT2D eigenvalue weighted by molar-refractivity contribution is 7.13. The van der Waals surface area contributed by atoms with Crippen molar-refractivity contribution in [3.63, 3.8) is 0 Å². The largest absolute Gasteiger partial charge is 0.289 e. The third-order valence-corrected chi connectivity index (χ3v) is 2.96. The summed E-state index contributed by atoms with van der Waals surface area (Å²) in [5.74, 6) is 5.34. The number of carbonyl (C=O) groups excluding carboxylic acids is 1. The molecule has 0 aromatic carbocycles. The van der Waals surface area contributed by atoms with Gasteiger partial charge in [0.05, 0.1) is 11.2 Å². The molecule has 4 nitrogen and oxygen atoms in total. The lowest BCUT2D eigenvalue weighted by Crippen LogP contribution is -2.29. The number of hydrogen-bond donors (Lipinski definition) is 2. The summed E-state index contributed by atoms with van der Waals surface area (Å²) in [5.41, 5.74) is 2.09. The van der Waals surface area contributed by atoms with E-state index in [1.165, 1.54) is 24.2 Å². The van der Waals surface area contributed by atoms with Crippen molar-refractivity contribution in [2.75, 3.05) is 0 Å². The number of carbonyl (C=O) groups is 1. The number of nitrogen functional groups attached to an aromatic ring is 1. The lowest BCUT2D eigenvalue weighted by molar-refractivity contribution is 0.0957. The van der Waals surface area contributed by atoms with Gasteiger partial charge in [-0.3, -0.25) is 10.2 Å². The van der Waals surface area contributed by atoms with Crippen molar-refractivity contribution in [2.24, 2.45) is 5.84 Å². The van der Waals surface area contributed by atoms with Gasteiger partial charge < -0.3 is 0 Å². The summed E-state index contributed by atoms with van der Waals surface area (Å²) >= 11 is 1.43. The SMILES string of the molecule is Cl.NNC(=O)c1cnc(C2CC2)s1. The number of amides is 1. The van der Waals surface area contributed by atoms with Crippen LogP contribution in [0.4, 0.5) is 0 Å². The number of nitrogens with two attached hydrogens (primary N) is 1. The number of halogens is 1. The van der Waals surface area contributed by atoms with E-state index in [9.17, 15) is 4.79 Å². The van der Waals surface area contributed by atoms with Gasteiger partial charge in [0.2, 0.25) is 0 Å². The van der Waals surface area contributed by atoms with Crippen LogP contribution in [-0.4, -0.2) is 10.9 Å². The number of hydrazine groups is 1. The molecule has 2 rings (SSSR count). The number of aromatic nitrogens is 1. The Bertz CT molecular complexity index is 310. The Morgan fingerprint density at radius 2 is 2.38 bits per heavy atom. The van der Waals surface area contributed by atoms with E-state index in [2.05, 4.69) is 10.4 Å². The first-order chi connectivity index (χ1) is 5.81. The predicted octanol–water partition coefficient (Wildman–Crippen LogP) is 1.05. The van der Waals surface area contributed by atoms with Gasteiger partial charge in [-0.05, 0) is 12.8 Å². The quantitative estimate of drug-likeness (QED) is 0.444. The van der Waals surface area contributed by atoms with Crippen molar-refractivity contribution in [3.8, 4) is 0 Å². The number of hydrogen-bond acceptors (Lipinski definition) is 4. The highest BCUT2D eigenvalue weighted by Gasteiger charge is 2.27. The molecule has 1 saturated carbocycles. The summed E-state index contributed by atoms with van der Waals surface area (Å²) < 4.78 is 0. The van der Waals surface area contributed by atoms with Gasteiger partial charge in [-0.1, -0.05) is 0 Å². The van der Waals surface area contributed by atoms with E-state index in [1.54, 1.807) is 6.20 Å². The summed E-state index contributed by atoms with van der Waals surface area (Å²) in [6.45, 7) is 0. The zero-order chi connectivity index (χ0) is 8.55. The van der Waals surface area contributed by atoms with Gasteiger partial charge in [-0.2, -0.15) is 0 Å². The second-order valence-corrected chi connectivity index (χ2v) is 3.87. The molecule has 1 amide bonds. The van der Waals surface area contributed by atoms with Crippen LogP contribution in [0, 0.1) is 0 Å². The summed E-state index contributed by atoms with van der Waals surface area (Å²) in [6, 6.07) is 0. The second-order valence-electron chi connectivity index (χ2n) is 2.81. The van der Waals surface area contributed by atoms with Crippen LogP contribution < -0.4 is 11.3 Å². The maximum absolute atomic E-state index is 11.0. The Morgan fingerprint density at radius 3 is 2.92 bits per heavy atom. The van der Waals surface area contributed by atoms with E-state index in [0.717, 1.165) is 5.01 Å². The smallest absolute Gasteiger partial charge is 0.276 e. The zero-order valence-electron chi connectivity index (χ0n) is 6.82. The van der Waals surface area contributed by atoms with Gasteiger partial charge in [-0.15, -0.1) is 23.7 Å². The van der Waals surface area contributed by atoms with Crippen LogP contribution in [-0.2, 0) is 0 Å². The van der Waals surface area contributed by atoms with Crippen LogP contribution in [0.15, 0.2) is 6.20 Å². The molecule has 0 radical (unpaired) electrons. The first kappa shape index (κ1) is 10.4. The van der Waals surface area contributed by atoms with Crippen LogP contribution in [0.25, 0.3) is 0 Å². The maximum Gasteiger partial charge on any atom is 0.276 e. The van der Waals surface area contributed by atoms with Crippen molar-refractivity contribution < 1.29 is 4.79 Å². The molecule has 0 saturated heterocycles. The number of rotatable bonds is 2. The topological polar surface area (TPSA) is 68.0 Å². The van der Waals surface area contributed by atoms with E-state index in [4.69, 9.17) is 5.84 Å². The molecule has 1 heterocycles. The van der Waals surface area contributed by atoms with Gasteiger partial charge in [-0.25, -0.2) is 10.8 Å². The number of nitrogens with one attached hydrogen (secondary N) is 1. The van der Waals surface area contributed by atoms with Gasteiger partial charge in [0, 0.05) is 5.92 Å². The fourth-order valence-corrected chi connectivity index (χ4v) is 1.97. The van der Waals surface area contributed by atoms with Gasteiger partial charge in [0.25, 0.3) is 5.91 Å². The van der Waals surface area contributed by atoms with Crippen LogP contribution in [0.5, 0.6) is 0 Å². The molecule has 1 fully saturated rings. The minimum atomic E-state index is -0.251. The Kier molecular flexibility index (Phi) is 3.24. The average Bonchev–Trinajstić information content (AvgIpc) is 2.83. The van der Waals surface area contributed by atoms with Crippen molar-refractivity contribution >= 4 is 29.7 Å². The Morgan fingerprint density at radius 1 is 1.69 bits per heavy atom. The molecular weight excluding hydrogens is 210 g/mol. The van der Waals surface area contributed by atoms with E-state index in [0.29, 0.717) is 10.8 Å². The lowest BCUT2D eigenvalue weighted by Gasteiger charge is -1.90. The van der Waals surface area contributed by atoms with E-state index in [1.807, 2.05) is 0 Å². The molecular formula is C7H10ClN3OS. The molecule has 3 N–H and O–H groups in total. The first-order valence-corrected chi connectivity index (χ1v) is 4.59. The fourth-order valence-electron chi connectivity index (χ4n) is 0.983. The van der Waals surface area contributed by atoms with Crippen LogP contribution in [0.3, 0.4) is 0 Å². The summed E-state index contributed by atoms with van der Waals surface area (Å²) in [5, 5.41) is 1.06. The van der Waals surface area contributed by atoms with Gasteiger partial charge >= 0.3 is 0 Å². The maximum atomic E-state index is 11.0. The Hall–Kier alpha value is -0.650. The van der Waals surface area contributed by atoms with Gasteiger partial charge in [0.1, 0.15) is 4.88 Å². The lowest BCUT2D eigenvalue weighted by atomic mass is 10.5. The van der Waals surface area contributed by atoms with E-state index in [-0.39, 0.29) is 18.3 Å². The van der Waals surface area contributed by atoms with E-state index >= 15 is 0 Å². The highest BCUT2D eigenvalue weighted by atomic mass is 35.5. The van der Waals surface area contributed by atoms with Crippen LogP contribution >= 0.6 is 23.7 Å². The monoisotopic (exact) mass is 219 g/mol. The molecule has 0 atom stereocenters. The predicted molar refractivity (Wildman–Crippen MR) is 53.0 cm³/mol. The van der Waals surface area contributed by atoms with Crippen molar-refractivity contribution in [1.82, 2.24) is 10.4 Å². The molecule has 1 aromatic heterocycles. The molecule has 13 heavy (non-hydrogen) atoms.